The molecule has 750 valence electrons. The van der Waals surface area contributed by atoms with Gasteiger partial charge in [0.25, 0.3) is 0 Å². The van der Waals surface area contributed by atoms with Gasteiger partial charge in [-0.15, -0.1) is 51.0 Å². The predicted octanol–water partition coefficient (Wildman–Crippen LogP) is 27.6. The first-order valence-electron chi connectivity index (χ1n) is 45.6. The smallest absolute Gasteiger partial charge is 0.323 e. The highest BCUT2D eigenvalue weighted by Gasteiger charge is 2.34. The number of amides is 1. The van der Waals surface area contributed by atoms with E-state index in [1.165, 1.54) is 90.9 Å². The van der Waals surface area contributed by atoms with E-state index in [2.05, 4.69) is 237 Å². The molecule has 0 fully saturated rings. The molecule has 1 atom stereocenters. The summed E-state index contributed by atoms with van der Waals surface area (Å²) in [7, 11) is 0. The van der Waals surface area contributed by atoms with Gasteiger partial charge in [0, 0.05) is 45.0 Å². The fourth-order valence-corrected chi connectivity index (χ4v) is 20.2. The lowest BCUT2D eigenvalue weighted by molar-refractivity contribution is -0.138. The second-order valence-electron chi connectivity index (χ2n) is 33.4. The first-order valence-corrected chi connectivity index (χ1v) is 52.1. The fraction of sp³-hybridized carbons (Fsp3) is 0.165. The number of nitrogens with zero attached hydrogens (tertiary/aromatic N) is 22. The molecular weight excluding hydrogens is 2040 g/mol. The number of carbonyl (C=O) groups excluding carboxylic acids is 1. The van der Waals surface area contributed by atoms with Crippen LogP contribution in [0.25, 0.3) is 34.1 Å². The normalized spacial score (nSPS) is 11.2. The molecule has 24 nitrogen and oxygen atoms in total. The number of para-hydroxylation sites is 2. The molecule has 0 spiro atoms. The van der Waals surface area contributed by atoms with Gasteiger partial charge in [-0.2, -0.15) is 46.2 Å². The maximum Gasteiger partial charge on any atom is 0.416 e. The highest BCUT2D eigenvalue weighted by molar-refractivity contribution is 8.00. The van der Waals surface area contributed by atoms with E-state index in [-0.39, 0.29) is 16.5 Å². The van der Waals surface area contributed by atoms with Gasteiger partial charge < -0.3 is 5.32 Å². The zero-order chi connectivity index (χ0) is 105. The minimum Gasteiger partial charge on any atom is -0.323 e. The summed E-state index contributed by atoms with van der Waals surface area (Å²) >= 11 is 20.9. The molecule has 6 heterocycles. The van der Waals surface area contributed by atoms with Crippen LogP contribution in [0.1, 0.15) is 117 Å². The Bertz CT molecular complexity index is 7790. The van der Waals surface area contributed by atoms with Crippen molar-refractivity contribution in [3.63, 3.8) is 0 Å². The summed E-state index contributed by atoms with van der Waals surface area (Å²) in [5, 5.41) is 80.6. The second-order valence-corrected chi connectivity index (χ2v) is 40.0. The molecule has 0 saturated carbocycles. The highest BCUT2D eigenvalue weighted by Crippen LogP contribution is 2.41. The number of rotatable bonds is 26. The van der Waals surface area contributed by atoms with Gasteiger partial charge in [-0.25, -0.2) is 4.39 Å². The lowest BCUT2D eigenvalue weighted by Gasteiger charge is -2.18. The van der Waals surface area contributed by atoms with E-state index in [9.17, 15) is 35.5 Å². The Balaban J connectivity index is 0.000000141. The summed E-state index contributed by atoms with van der Waals surface area (Å²) < 4.78 is 103. The van der Waals surface area contributed by atoms with Gasteiger partial charge in [0.2, 0.25) is 16.2 Å². The molecule has 0 bridgehead atoms. The highest BCUT2D eigenvalue weighted by atomic mass is 35.5. The number of hydrogen-bond donors (Lipinski definition) is 1. The van der Waals surface area contributed by atoms with Crippen molar-refractivity contribution in [2.24, 2.45) is 0 Å². The molecule has 6 aromatic heterocycles. The molecule has 0 aliphatic carbocycles. The second kappa shape index (κ2) is 52.0. The number of tetrazole rings is 2. The Morgan fingerprint density at radius 2 is 0.838 bits per heavy atom. The number of halogens is 9. The number of hydrogen-bond acceptors (Lipinski definition) is 23. The van der Waals surface area contributed by atoms with Gasteiger partial charge in [0.15, 0.2) is 20.6 Å². The van der Waals surface area contributed by atoms with E-state index in [1.54, 1.807) is 121 Å². The van der Waals surface area contributed by atoms with Crippen molar-refractivity contribution < 1.29 is 35.5 Å². The third-order valence-electron chi connectivity index (χ3n) is 22.7. The molecule has 0 radical (unpaired) electrons. The van der Waals surface area contributed by atoms with E-state index >= 15 is 0 Å². The van der Waals surface area contributed by atoms with Crippen LogP contribution in [-0.2, 0) is 45.9 Å². The molecule has 0 aliphatic heterocycles. The average molecular weight is 2140 g/mol. The number of aromatic nitrogens is 20. The molecule has 1 unspecified atom stereocenters. The zero-order valence-corrected chi connectivity index (χ0v) is 87.6. The van der Waals surface area contributed by atoms with Crippen molar-refractivity contribution in [1.82, 2.24) is 99.5 Å². The van der Waals surface area contributed by atoms with Crippen molar-refractivity contribution in [3.8, 4) is 46.3 Å². The van der Waals surface area contributed by atoms with Gasteiger partial charge in [-0.05, 0) is 277 Å². The standard InChI is InChI=1S/C22H15ClF3N5OS.2C18H16N4S.C17H15ClFN3S.C17H14F3N3S.C17H18N4S/c23-17-12-11-15(22(24,25)26)13-18(17)27-20(32)19(14-7-3-1-4-8-14)33-21-28-29-30-31(21)16-9-5-2-6-10-16;1-13-3-8-17(9-14(13)2)22-12-20-21-18(22)23-11-16-6-4-15(10-19)5-7-16;1-13-6-7-14(2)17(8-13)22-12-20-21-18(22)23-11-16-5-3-4-15(9-16)10-19;1-11-5-3-8-16(12(11)2)22-10-20-21-17(22)23-9-13-14(18)6-4-7-15(13)19;1-12-5-2-3-8-15(12)23-11-21-22-16(23)24-10-13-6-4-7-14(9-13)17(18,19)20;1-12-5-8-15(9-6-12)11-22-17-18-19-20-21(17)16-10-13(2)4-7-14(16)3/h1-13,19H,(H,27,32);2*3-9,12H,11H2,1-2H3;3-8,10H,9H2,1-2H3;2-9,11H,10H2,1H3;4-10H,11H2,1-3H3. The molecule has 0 aliphatic rings. The molecule has 19 aromatic rings. The molecule has 13 aromatic carbocycles. The van der Waals surface area contributed by atoms with Gasteiger partial charge in [0.1, 0.15) is 36.4 Å². The summed E-state index contributed by atoms with van der Waals surface area (Å²) in [5.41, 5.74) is 22.7. The van der Waals surface area contributed by atoms with Crippen molar-refractivity contribution in [3.05, 3.63) is 444 Å². The minimum absolute atomic E-state index is 0.0118. The topological polar surface area (TPSA) is 287 Å². The average Bonchev–Trinajstić information content (AvgIpc) is 1.76. The third kappa shape index (κ3) is 29.8. The van der Waals surface area contributed by atoms with Crippen LogP contribution in [0.5, 0.6) is 0 Å². The van der Waals surface area contributed by atoms with Crippen LogP contribution in [0.2, 0.25) is 10.0 Å². The molecule has 148 heavy (non-hydrogen) atoms. The van der Waals surface area contributed by atoms with Crippen molar-refractivity contribution in [1.29, 1.82) is 10.5 Å². The molecule has 1 amide bonds. The first kappa shape index (κ1) is 109. The number of nitriles is 2. The van der Waals surface area contributed by atoms with Gasteiger partial charge in [-0.1, -0.05) is 281 Å². The van der Waals surface area contributed by atoms with Crippen molar-refractivity contribution >= 4 is 105 Å². The molecular formula is C109H94Cl2F7N23OS6. The molecule has 1 N–H and O–H groups in total. The van der Waals surface area contributed by atoms with E-state index in [4.69, 9.17) is 33.7 Å². The van der Waals surface area contributed by atoms with Crippen LogP contribution in [0, 0.1) is 97.7 Å². The van der Waals surface area contributed by atoms with E-state index in [0.29, 0.717) is 65.5 Å². The van der Waals surface area contributed by atoms with Crippen LogP contribution < -0.4 is 5.32 Å². The number of carbonyl (C=O) groups is 1. The maximum atomic E-state index is 13.9. The minimum atomic E-state index is -4.57. The summed E-state index contributed by atoms with van der Waals surface area (Å²) in [4.78, 5) is 13.3. The Kier molecular flexibility index (Phi) is 38.3. The lowest BCUT2D eigenvalue weighted by Crippen LogP contribution is -2.20. The van der Waals surface area contributed by atoms with Crippen LogP contribution in [0.4, 0.5) is 36.4 Å². The monoisotopic (exact) mass is 2140 g/mol. The van der Waals surface area contributed by atoms with E-state index in [0.717, 1.165) is 125 Å². The van der Waals surface area contributed by atoms with Crippen molar-refractivity contribution in [2.75, 3.05) is 5.32 Å². The number of alkyl halides is 6. The Morgan fingerprint density at radius 1 is 0.365 bits per heavy atom. The van der Waals surface area contributed by atoms with Crippen LogP contribution >= 0.6 is 93.8 Å². The number of nitrogens with one attached hydrogen (secondary N) is 1. The number of benzene rings is 13. The summed E-state index contributed by atoms with van der Waals surface area (Å²) in [6.45, 7) is 20.7. The van der Waals surface area contributed by atoms with Gasteiger partial charge >= 0.3 is 12.4 Å². The number of anilines is 1. The van der Waals surface area contributed by atoms with E-state index < -0.39 is 34.6 Å². The SMILES string of the molecule is Cc1ccc(-n2cnnc2SCc2ccc(C#N)cc2)cc1C.Cc1ccc(C)c(-n2cnnc2SCc2cccc(C#N)c2)c1.Cc1ccc(CSc2nnnn2-c2cc(C)ccc2C)cc1.Cc1cccc(-n2cnnc2SCc2c(F)cccc2Cl)c1C.Cc1ccccc1-n1cnnc1SCc1cccc(C(F)(F)F)c1.O=C(Nc1cc(C(F)(F)F)ccc1Cl)C(Sc1nnnn1-c1ccccc1)c1ccccc1. The number of thioether (sulfide) groups is 6. The Morgan fingerprint density at radius 3 is 1.45 bits per heavy atom. The zero-order valence-electron chi connectivity index (χ0n) is 81.2. The van der Waals surface area contributed by atoms with Crippen LogP contribution in [-0.4, -0.2) is 105 Å². The summed E-state index contributed by atoms with van der Waals surface area (Å²) in [6, 6.07) is 91.7. The van der Waals surface area contributed by atoms with E-state index in [1.807, 2.05) is 133 Å². The van der Waals surface area contributed by atoms with Crippen LogP contribution in [0.3, 0.4) is 0 Å². The fourth-order valence-electron chi connectivity index (χ4n) is 14.3. The molecule has 39 heteroatoms. The summed E-state index contributed by atoms with van der Waals surface area (Å²) in [5.74, 6) is 2.29. The molecule has 19 rings (SSSR count). The number of aryl methyl sites for hydroxylation is 9. The Labute approximate surface area is 885 Å². The largest absolute Gasteiger partial charge is 0.416 e. The maximum absolute atomic E-state index is 13.9. The first-order chi connectivity index (χ1) is 71.3. The van der Waals surface area contributed by atoms with Crippen molar-refractivity contribution in [2.45, 2.75) is 147 Å². The third-order valence-corrected chi connectivity index (χ3v) is 29.5. The van der Waals surface area contributed by atoms with Gasteiger partial charge in [0.05, 0.1) is 73.5 Å². The predicted molar refractivity (Wildman–Crippen MR) is 571 cm³/mol. The van der Waals surface area contributed by atoms with Crippen LogP contribution in [0.15, 0.2) is 347 Å². The lowest BCUT2D eigenvalue weighted by atomic mass is 10.1. The Hall–Kier alpha value is -14.8. The molecule has 0 saturated heterocycles. The van der Waals surface area contributed by atoms with Gasteiger partial charge in [-0.3, -0.25) is 23.1 Å². The quantitative estimate of drug-likeness (QED) is 0.0389. The summed E-state index contributed by atoms with van der Waals surface area (Å²) in [6.07, 6.45) is -2.14.